The smallest absolute Gasteiger partial charge is 0.319 e. The Hall–Kier alpha value is -1.39. The van der Waals surface area contributed by atoms with E-state index in [1.807, 2.05) is 12.1 Å². The summed E-state index contributed by atoms with van der Waals surface area (Å²) >= 11 is 0. The van der Waals surface area contributed by atoms with E-state index in [1.165, 1.54) is 12.7 Å². The van der Waals surface area contributed by atoms with E-state index in [4.69, 9.17) is 10.5 Å². The third-order valence-electron chi connectivity index (χ3n) is 2.75. The van der Waals surface area contributed by atoms with Crippen LogP contribution in [0.5, 0.6) is 0 Å². The molecule has 0 fully saturated rings. The number of ether oxygens (including phenoxy) is 1. The molecular weight excluding hydrogens is 228 g/mol. The molecule has 0 aliphatic carbocycles. The average Bonchev–Trinajstić information content (AvgIpc) is 2.39. The zero-order valence-electron chi connectivity index (χ0n) is 11.2. The minimum absolute atomic E-state index is 0.196. The van der Waals surface area contributed by atoms with Crippen molar-refractivity contribution >= 4 is 5.97 Å². The molecule has 0 radical (unpaired) electrons. The molecule has 0 aliphatic heterocycles. The maximum Gasteiger partial charge on any atom is 0.319 e. The van der Waals surface area contributed by atoms with Crippen molar-refractivity contribution < 1.29 is 9.53 Å². The lowest BCUT2D eigenvalue weighted by molar-refractivity contribution is -0.142. The predicted octanol–water partition coefficient (Wildman–Crippen LogP) is 1.53. The summed E-state index contributed by atoms with van der Waals surface area (Å²) in [6, 6.07) is 8.15. The summed E-state index contributed by atoms with van der Waals surface area (Å²) in [4.78, 5) is 13.4. The number of nitrogens with two attached hydrogens (primary N) is 1. The van der Waals surface area contributed by atoms with Gasteiger partial charge in [0.25, 0.3) is 0 Å². The Labute approximate surface area is 109 Å². The summed E-state index contributed by atoms with van der Waals surface area (Å²) < 4.78 is 4.71. The van der Waals surface area contributed by atoms with Gasteiger partial charge in [-0.15, -0.1) is 0 Å². The first kappa shape index (κ1) is 14.7. The molecule has 4 nitrogen and oxygen atoms in total. The molecule has 0 bridgehead atoms. The fourth-order valence-electron chi connectivity index (χ4n) is 1.89. The van der Waals surface area contributed by atoms with Crippen LogP contribution in [0.2, 0.25) is 0 Å². The van der Waals surface area contributed by atoms with Gasteiger partial charge in [0.15, 0.2) is 0 Å². The molecular formula is C14H22N2O2. The number of hydrogen-bond acceptors (Lipinski definition) is 4. The first-order valence-corrected chi connectivity index (χ1v) is 6.26. The van der Waals surface area contributed by atoms with Crippen molar-refractivity contribution in [3.63, 3.8) is 0 Å². The molecule has 0 spiro atoms. The summed E-state index contributed by atoms with van der Waals surface area (Å²) in [6.07, 6.45) is 1.01. The Balaban J connectivity index is 2.66. The van der Waals surface area contributed by atoms with E-state index in [0.29, 0.717) is 13.1 Å². The second-order valence-corrected chi connectivity index (χ2v) is 4.31. The van der Waals surface area contributed by atoms with Gasteiger partial charge in [0, 0.05) is 13.1 Å². The van der Waals surface area contributed by atoms with Gasteiger partial charge in [-0.25, -0.2) is 0 Å². The van der Waals surface area contributed by atoms with E-state index in [1.54, 1.807) is 0 Å². The van der Waals surface area contributed by atoms with Gasteiger partial charge in [-0.3, -0.25) is 9.69 Å². The summed E-state index contributed by atoms with van der Waals surface area (Å²) in [7, 11) is 1.42. The lowest BCUT2D eigenvalue weighted by atomic mass is 10.1. The number of hydrogen-bond donors (Lipinski definition) is 1. The summed E-state index contributed by atoms with van der Waals surface area (Å²) in [5.41, 5.74) is 7.91. The maximum atomic E-state index is 11.3. The van der Waals surface area contributed by atoms with Gasteiger partial charge in [-0.2, -0.15) is 0 Å². The van der Waals surface area contributed by atoms with Crippen LogP contribution in [-0.2, 0) is 22.6 Å². The number of nitrogens with zero attached hydrogens (tertiary/aromatic N) is 1. The van der Waals surface area contributed by atoms with Crippen molar-refractivity contribution in [2.45, 2.75) is 26.4 Å². The zero-order valence-corrected chi connectivity index (χ0v) is 11.2. The van der Waals surface area contributed by atoms with Gasteiger partial charge in [-0.1, -0.05) is 31.2 Å². The molecule has 1 aromatic rings. The van der Waals surface area contributed by atoms with Gasteiger partial charge in [0.2, 0.25) is 0 Å². The lowest BCUT2D eigenvalue weighted by Gasteiger charge is -2.20. The van der Waals surface area contributed by atoms with Crippen molar-refractivity contribution in [3.05, 3.63) is 35.4 Å². The van der Waals surface area contributed by atoms with Crippen molar-refractivity contribution in [1.29, 1.82) is 0 Å². The largest absolute Gasteiger partial charge is 0.468 e. The quantitative estimate of drug-likeness (QED) is 0.746. The molecule has 0 saturated carbocycles. The molecule has 0 heterocycles. The van der Waals surface area contributed by atoms with Gasteiger partial charge in [0.05, 0.1) is 13.7 Å². The number of methoxy groups -OCH3 is 1. The molecule has 1 aromatic carbocycles. The SMILES string of the molecule is CCCN(CC(=O)OC)Cc1cccc(CN)c1. The van der Waals surface area contributed by atoms with Gasteiger partial charge in [-0.05, 0) is 24.1 Å². The molecule has 0 aliphatic rings. The lowest BCUT2D eigenvalue weighted by Crippen LogP contribution is -2.30. The number of carbonyl (C=O) groups is 1. The molecule has 0 saturated heterocycles. The minimum atomic E-state index is -0.196. The Morgan fingerprint density at radius 2 is 2.11 bits per heavy atom. The zero-order chi connectivity index (χ0) is 13.4. The first-order chi connectivity index (χ1) is 8.69. The van der Waals surface area contributed by atoms with Gasteiger partial charge < -0.3 is 10.5 Å². The van der Waals surface area contributed by atoms with Crippen molar-refractivity contribution in [2.24, 2.45) is 5.73 Å². The second-order valence-electron chi connectivity index (χ2n) is 4.31. The van der Waals surface area contributed by atoms with Crippen LogP contribution >= 0.6 is 0 Å². The molecule has 4 heteroatoms. The van der Waals surface area contributed by atoms with E-state index < -0.39 is 0 Å². The standard InChI is InChI=1S/C14H22N2O2/c1-3-7-16(11-14(17)18-2)10-13-6-4-5-12(8-13)9-15/h4-6,8H,3,7,9-11,15H2,1-2H3. The topological polar surface area (TPSA) is 55.6 Å². The van der Waals surface area contributed by atoms with Gasteiger partial charge in [0.1, 0.15) is 0 Å². The maximum absolute atomic E-state index is 11.3. The second kappa shape index (κ2) is 7.84. The normalized spacial score (nSPS) is 10.7. The van der Waals surface area contributed by atoms with Crippen LogP contribution in [0.1, 0.15) is 24.5 Å². The Morgan fingerprint density at radius 1 is 1.39 bits per heavy atom. The van der Waals surface area contributed by atoms with Crippen LogP contribution < -0.4 is 5.73 Å². The first-order valence-electron chi connectivity index (χ1n) is 6.26. The van der Waals surface area contributed by atoms with Crippen molar-refractivity contribution in [1.82, 2.24) is 4.90 Å². The Bertz CT molecular complexity index is 380. The Morgan fingerprint density at radius 3 is 2.72 bits per heavy atom. The number of esters is 1. The molecule has 2 N–H and O–H groups in total. The predicted molar refractivity (Wildman–Crippen MR) is 71.9 cm³/mol. The number of benzene rings is 1. The highest BCUT2D eigenvalue weighted by Gasteiger charge is 2.10. The summed E-state index contributed by atoms with van der Waals surface area (Å²) in [5, 5.41) is 0. The number of carbonyl (C=O) groups excluding carboxylic acids is 1. The van der Waals surface area contributed by atoms with E-state index in [0.717, 1.165) is 25.1 Å². The highest BCUT2D eigenvalue weighted by Crippen LogP contribution is 2.08. The third-order valence-corrected chi connectivity index (χ3v) is 2.75. The Kier molecular flexibility index (Phi) is 6.39. The van der Waals surface area contributed by atoms with Crippen molar-refractivity contribution in [3.8, 4) is 0 Å². The minimum Gasteiger partial charge on any atom is -0.468 e. The van der Waals surface area contributed by atoms with Crippen LogP contribution in [0, 0.1) is 0 Å². The molecule has 100 valence electrons. The van der Waals surface area contributed by atoms with Crippen LogP contribution in [-0.4, -0.2) is 31.1 Å². The van der Waals surface area contributed by atoms with Crippen molar-refractivity contribution in [2.75, 3.05) is 20.2 Å². The van der Waals surface area contributed by atoms with E-state index in [9.17, 15) is 4.79 Å². The van der Waals surface area contributed by atoms with E-state index >= 15 is 0 Å². The average molecular weight is 250 g/mol. The van der Waals surface area contributed by atoms with Crippen LogP contribution in [0.3, 0.4) is 0 Å². The molecule has 0 aromatic heterocycles. The summed E-state index contributed by atoms with van der Waals surface area (Å²) in [5.74, 6) is -0.196. The monoisotopic (exact) mass is 250 g/mol. The van der Waals surface area contributed by atoms with Gasteiger partial charge >= 0.3 is 5.97 Å². The number of rotatable bonds is 7. The molecule has 0 amide bonds. The summed E-state index contributed by atoms with van der Waals surface area (Å²) in [6.45, 7) is 4.59. The molecule has 0 unspecified atom stereocenters. The van der Waals surface area contributed by atoms with E-state index in [2.05, 4.69) is 24.0 Å². The fourth-order valence-corrected chi connectivity index (χ4v) is 1.89. The molecule has 18 heavy (non-hydrogen) atoms. The highest BCUT2D eigenvalue weighted by atomic mass is 16.5. The van der Waals surface area contributed by atoms with Crippen LogP contribution in [0.15, 0.2) is 24.3 Å². The third kappa shape index (κ3) is 4.85. The van der Waals surface area contributed by atoms with E-state index in [-0.39, 0.29) is 5.97 Å². The fraction of sp³-hybridized carbons (Fsp3) is 0.500. The van der Waals surface area contributed by atoms with Crippen LogP contribution in [0.25, 0.3) is 0 Å². The van der Waals surface area contributed by atoms with Crippen LogP contribution in [0.4, 0.5) is 0 Å². The molecule has 1 rings (SSSR count). The highest BCUT2D eigenvalue weighted by molar-refractivity contribution is 5.71. The molecule has 0 atom stereocenters.